The Balaban J connectivity index is 2.00. The van der Waals surface area contributed by atoms with Crippen LogP contribution in [-0.2, 0) is 4.74 Å². The fraction of sp³-hybridized carbons (Fsp3) is 0.308. The molecular weight excluding hydrogens is 262 g/mol. The van der Waals surface area contributed by atoms with Crippen molar-refractivity contribution in [2.45, 2.75) is 0 Å². The minimum atomic E-state index is -0.463. The van der Waals surface area contributed by atoms with Crippen molar-refractivity contribution < 1.29 is 14.5 Å². The largest absolute Gasteiger partial charge is 0.378 e. The van der Waals surface area contributed by atoms with E-state index in [9.17, 15) is 14.9 Å². The number of H-pyrrole nitrogens is 1. The first kappa shape index (κ1) is 12.6. The number of nitrogens with one attached hydrogen (secondary N) is 1. The van der Waals surface area contributed by atoms with Gasteiger partial charge in [-0.2, -0.15) is 0 Å². The van der Waals surface area contributed by atoms with Crippen LogP contribution in [0.15, 0.2) is 24.4 Å². The van der Waals surface area contributed by atoms with Crippen LogP contribution in [0, 0.1) is 10.1 Å². The Morgan fingerprint density at radius 1 is 1.35 bits per heavy atom. The summed E-state index contributed by atoms with van der Waals surface area (Å²) in [6, 6.07) is 4.46. The smallest absolute Gasteiger partial charge is 0.270 e. The van der Waals surface area contributed by atoms with Crippen LogP contribution in [-0.4, -0.2) is 47.0 Å². The Morgan fingerprint density at radius 3 is 2.80 bits per heavy atom. The number of amides is 1. The summed E-state index contributed by atoms with van der Waals surface area (Å²) >= 11 is 0. The second-order valence-electron chi connectivity index (χ2n) is 4.59. The third kappa shape index (κ3) is 2.12. The lowest BCUT2D eigenvalue weighted by Gasteiger charge is -2.26. The van der Waals surface area contributed by atoms with Gasteiger partial charge in [-0.05, 0) is 6.07 Å². The normalized spacial score (nSPS) is 15.5. The van der Waals surface area contributed by atoms with E-state index in [1.54, 1.807) is 17.2 Å². The number of hydrogen-bond acceptors (Lipinski definition) is 4. The van der Waals surface area contributed by atoms with Crippen molar-refractivity contribution in [3.8, 4) is 0 Å². The Kier molecular flexibility index (Phi) is 3.11. The quantitative estimate of drug-likeness (QED) is 0.665. The highest BCUT2D eigenvalue weighted by Crippen LogP contribution is 2.24. The molecule has 1 saturated heterocycles. The third-order valence-electron chi connectivity index (χ3n) is 3.40. The van der Waals surface area contributed by atoms with Crippen LogP contribution in [0.4, 0.5) is 5.69 Å². The van der Waals surface area contributed by atoms with Gasteiger partial charge in [0, 0.05) is 42.3 Å². The molecule has 2 heterocycles. The number of rotatable bonds is 2. The number of nitrogens with zero attached hydrogens (tertiary/aromatic N) is 2. The number of nitro benzene ring substituents is 1. The SMILES string of the molecule is O=C(c1c[nH]c2ccc([N+](=O)[O-])cc12)N1CCOCC1. The van der Waals surface area contributed by atoms with Crippen LogP contribution in [0.25, 0.3) is 10.9 Å². The van der Waals surface area contributed by atoms with Crippen LogP contribution >= 0.6 is 0 Å². The van der Waals surface area contributed by atoms with Gasteiger partial charge in [0.05, 0.1) is 23.7 Å². The first-order valence-corrected chi connectivity index (χ1v) is 6.29. The van der Waals surface area contributed by atoms with Crippen molar-refractivity contribution in [1.82, 2.24) is 9.88 Å². The van der Waals surface area contributed by atoms with Crippen LogP contribution in [0.2, 0.25) is 0 Å². The lowest BCUT2D eigenvalue weighted by Crippen LogP contribution is -2.40. The van der Waals surface area contributed by atoms with Crippen LogP contribution in [0.5, 0.6) is 0 Å². The van der Waals surface area contributed by atoms with E-state index >= 15 is 0 Å². The van der Waals surface area contributed by atoms with Gasteiger partial charge in [-0.25, -0.2) is 0 Å². The number of aromatic nitrogens is 1. The van der Waals surface area contributed by atoms with E-state index in [1.165, 1.54) is 12.1 Å². The summed E-state index contributed by atoms with van der Waals surface area (Å²) in [4.78, 5) is 27.5. The molecule has 104 valence electrons. The van der Waals surface area contributed by atoms with E-state index in [0.29, 0.717) is 42.8 Å². The van der Waals surface area contributed by atoms with Gasteiger partial charge in [0.25, 0.3) is 11.6 Å². The molecule has 2 aromatic rings. The van der Waals surface area contributed by atoms with E-state index < -0.39 is 4.92 Å². The lowest BCUT2D eigenvalue weighted by molar-refractivity contribution is -0.384. The molecule has 0 spiro atoms. The molecule has 20 heavy (non-hydrogen) atoms. The molecule has 1 aliphatic heterocycles. The third-order valence-corrected chi connectivity index (χ3v) is 3.40. The molecule has 0 radical (unpaired) electrons. The number of benzene rings is 1. The number of carbonyl (C=O) groups is 1. The highest BCUT2D eigenvalue weighted by molar-refractivity contribution is 6.07. The molecule has 0 aliphatic carbocycles. The van der Waals surface area contributed by atoms with E-state index in [0.717, 1.165) is 0 Å². The first-order valence-electron chi connectivity index (χ1n) is 6.29. The molecule has 1 amide bonds. The average molecular weight is 275 g/mol. The topological polar surface area (TPSA) is 88.5 Å². The minimum absolute atomic E-state index is 0.0203. The average Bonchev–Trinajstić information content (AvgIpc) is 2.90. The zero-order chi connectivity index (χ0) is 14.1. The standard InChI is InChI=1S/C13H13N3O4/c17-13(15-3-5-20-6-4-15)11-8-14-12-2-1-9(16(18)19)7-10(11)12/h1-2,7-8,14H,3-6H2. The van der Waals surface area contributed by atoms with Gasteiger partial charge >= 0.3 is 0 Å². The molecule has 7 heteroatoms. The predicted molar refractivity (Wildman–Crippen MR) is 71.7 cm³/mol. The predicted octanol–water partition coefficient (Wildman–Crippen LogP) is 1.55. The van der Waals surface area contributed by atoms with Gasteiger partial charge in [-0.15, -0.1) is 0 Å². The van der Waals surface area contributed by atoms with Crippen molar-refractivity contribution >= 4 is 22.5 Å². The Bertz CT molecular complexity index is 673. The highest BCUT2D eigenvalue weighted by Gasteiger charge is 2.22. The number of morpholine rings is 1. The van der Waals surface area contributed by atoms with Gasteiger partial charge in [0.15, 0.2) is 0 Å². The molecule has 0 saturated carbocycles. The van der Waals surface area contributed by atoms with Gasteiger partial charge in [0.1, 0.15) is 0 Å². The number of ether oxygens (including phenoxy) is 1. The molecule has 1 aromatic carbocycles. The molecule has 0 atom stereocenters. The fourth-order valence-electron chi connectivity index (χ4n) is 2.34. The summed E-state index contributed by atoms with van der Waals surface area (Å²) in [5.41, 5.74) is 1.16. The van der Waals surface area contributed by atoms with Crippen LogP contribution in [0.1, 0.15) is 10.4 Å². The Morgan fingerprint density at radius 2 is 2.10 bits per heavy atom. The maximum atomic E-state index is 12.4. The van der Waals surface area contributed by atoms with Crippen molar-refractivity contribution in [2.75, 3.05) is 26.3 Å². The Labute approximate surface area is 114 Å². The molecule has 3 rings (SSSR count). The zero-order valence-corrected chi connectivity index (χ0v) is 10.7. The van der Waals surface area contributed by atoms with Crippen molar-refractivity contribution in [3.63, 3.8) is 0 Å². The summed E-state index contributed by atoms with van der Waals surface area (Å²) in [5.74, 6) is -0.125. The lowest BCUT2D eigenvalue weighted by atomic mass is 10.1. The van der Waals surface area contributed by atoms with Crippen molar-refractivity contribution in [1.29, 1.82) is 0 Å². The number of aromatic amines is 1. The summed E-state index contributed by atoms with van der Waals surface area (Å²) in [6.45, 7) is 2.13. The number of hydrogen-bond donors (Lipinski definition) is 1. The zero-order valence-electron chi connectivity index (χ0n) is 10.7. The highest BCUT2D eigenvalue weighted by atomic mass is 16.6. The second kappa shape index (κ2) is 4.93. The monoisotopic (exact) mass is 275 g/mol. The molecule has 1 aliphatic rings. The molecule has 1 fully saturated rings. The number of fused-ring (bicyclic) bond motifs is 1. The number of non-ortho nitro benzene ring substituents is 1. The molecule has 0 unspecified atom stereocenters. The molecule has 7 nitrogen and oxygen atoms in total. The fourth-order valence-corrected chi connectivity index (χ4v) is 2.34. The summed E-state index contributed by atoms with van der Waals surface area (Å²) in [5, 5.41) is 11.4. The summed E-state index contributed by atoms with van der Waals surface area (Å²) < 4.78 is 5.21. The van der Waals surface area contributed by atoms with Crippen LogP contribution < -0.4 is 0 Å². The molecular formula is C13H13N3O4. The van der Waals surface area contributed by atoms with Gasteiger partial charge in [0.2, 0.25) is 0 Å². The molecule has 1 N–H and O–H groups in total. The maximum absolute atomic E-state index is 12.4. The molecule has 0 bridgehead atoms. The summed E-state index contributed by atoms with van der Waals surface area (Å²) in [6.07, 6.45) is 1.60. The van der Waals surface area contributed by atoms with Crippen molar-refractivity contribution in [2.24, 2.45) is 0 Å². The summed E-state index contributed by atoms with van der Waals surface area (Å²) in [7, 11) is 0. The van der Waals surface area contributed by atoms with E-state index in [-0.39, 0.29) is 11.6 Å². The van der Waals surface area contributed by atoms with Crippen molar-refractivity contribution in [3.05, 3.63) is 40.1 Å². The van der Waals surface area contributed by atoms with E-state index in [4.69, 9.17) is 4.74 Å². The number of carbonyl (C=O) groups excluding carboxylic acids is 1. The maximum Gasteiger partial charge on any atom is 0.270 e. The number of nitro groups is 1. The van der Waals surface area contributed by atoms with Crippen LogP contribution in [0.3, 0.4) is 0 Å². The van der Waals surface area contributed by atoms with E-state index in [2.05, 4.69) is 4.98 Å². The molecule has 1 aromatic heterocycles. The second-order valence-corrected chi connectivity index (χ2v) is 4.59. The minimum Gasteiger partial charge on any atom is -0.378 e. The Hall–Kier alpha value is -2.41. The van der Waals surface area contributed by atoms with Gasteiger partial charge < -0.3 is 14.6 Å². The first-order chi connectivity index (χ1) is 9.66. The van der Waals surface area contributed by atoms with Gasteiger partial charge in [-0.3, -0.25) is 14.9 Å². The van der Waals surface area contributed by atoms with E-state index in [1.807, 2.05) is 0 Å². The van der Waals surface area contributed by atoms with Gasteiger partial charge in [-0.1, -0.05) is 0 Å².